The molecule has 0 aliphatic carbocycles. The fourth-order valence-electron chi connectivity index (χ4n) is 1.52. The Bertz CT molecular complexity index is 272. The third kappa shape index (κ3) is 0.917. The molecule has 2 rings (SSSR count). The van der Waals surface area contributed by atoms with Gasteiger partial charge in [-0.15, -0.1) is 0 Å². The number of fused-ring (bicyclic) bond motifs is 1. The Morgan fingerprint density at radius 2 is 2.27 bits per heavy atom. The maximum absolute atomic E-state index is 5.31. The highest BCUT2D eigenvalue weighted by Crippen LogP contribution is 2.33. The first kappa shape index (κ1) is 6.71. The van der Waals surface area contributed by atoms with E-state index in [9.17, 15) is 0 Å². The first-order chi connectivity index (χ1) is 5.31. The molecular weight excluding hydrogens is 136 g/mol. The summed E-state index contributed by atoms with van der Waals surface area (Å²) in [6, 6.07) is 4.45. The summed E-state index contributed by atoms with van der Waals surface area (Å²) in [5, 5.41) is 0. The molecule has 1 aromatic rings. The lowest BCUT2D eigenvalue weighted by atomic mass is 10.0. The van der Waals surface area contributed by atoms with Crippen LogP contribution in [-0.2, 0) is 13.0 Å². The van der Waals surface area contributed by atoms with Gasteiger partial charge in [-0.25, -0.2) is 0 Å². The highest BCUT2D eigenvalue weighted by Gasteiger charge is 2.17. The number of ether oxygens (including phenoxy) is 1. The molecule has 1 aromatic carbocycles. The van der Waals surface area contributed by atoms with Gasteiger partial charge in [-0.05, 0) is 30.5 Å². The van der Waals surface area contributed by atoms with E-state index in [0.29, 0.717) is 0 Å². The van der Waals surface area contributed by atoms with Gasteiger partial charge in [0.05, 0.1) is 0 Å². The maximum atomic E-state index is 5.31. The minimum absolute atomic E-state index is 0.810. The zero-order valence-corrected chi connectivity index (χ0v) is 6.98. The van der Waals surface area contributed by atoms with Gasteiger partial charge in [-0.2, -0.15) is 0 Å². The van der Waals surface area contributed by atoms with Crippen molar-refractivity contribution in [2.24, 2.45) is 0 Å². The molecule has 11 heavy (non-hydrogen) atoms. The average Bonchev–Trinajstić information content (AvgIpc) is 1.93. The van der Waals surface area contributed by atoms with Crippen LogP contribution in [-0.4, -0.2) is 0 Å². The molecule has 0 atom stereocenters. The topological polar surface area (TPSA) is 9.23 Å². The molecule has 0 saturated heterocycles. The molecule has 0 radical (unpaired) electrons. The van der Waals surface area contributed by atoms with E-state index in [-0.39, 0.29) is 0 Å². The zero-order valence-electron chi connectivity index (χ0n) is 6.98. The van der Waals surface area contributed by atoms with Gasteiger partial charge < -0.3 is 4.74 Å². The second-order valence-electron chi connectivity index (χ2n) is 3.04. The van der Waals surface area contributed by atoms with E-state index in [2.05, 4.69) is 26.0 Å². The quantitative estimate of drug-likeness (QED) is 0.594. The normalized spacial score (nSPS) is 13.3. The summed E-state index contributed by atoms with van der Waals surface area (Å²) >= 11 is 0. The summed E-state index contributed by atoms with van der Waals surface area (Å²) < 4.78 is 5.31. The van der Waals surface area contributed by atoms with Gasteiger partial charge in [-0.1, -0.05) is 13.0 Å². The van der Waals surface area contributed by atoms with Crippen LogP contribution >= 0.6 is 0 Å². The predicted octanol–water partition coefficient (Wildman–Crippen LogP) is 2.45. The Labute approximate surface area is 67.0 Å². The highest BCUT2D eigenvalue weighted by atomic mass is 16.5. The number of hydrogen-bond acceptors (Lipinski definition) is 1. The summed E-state index contributed by atoms with van der Waals surface area (Å²) in [6.07, 6.45) is 1.12. The molecule has 0 aromatic heterocycles. The minimum atomic E-state index is 0.810. The van der Waals surface area contributed by atoms with Crippen molar-refractivity contribution in [2.75, 3.05) is 0 Å². The standard InChI is InChI=1S/C10H12O/c1-3-8-4-7(2)10-9(5-8)6-11-10/h4-5H,3,6H2,1-2H3. The van der Waals surface area contributed by atoms with Crippen LogP contribution in [0.2, 0.25) is 0 Å². The molecule has 0 saturated carbocycles. The van der Waals surface area contributed by atoms with Crippen molar-refractivity contribution < 1.29 is 4.74 Å². The molecule has 1 aliphatic heterocycles. The lowest BCUT2D eigenvalue weighted by Crippen LogP contribution is -2.11. The van der Waals surface area contributed by atoms with Crippen LogP contribution in [0.5, 0.6) is 5.75 Å². The highest BCUT2D eigenvalue weighted by molar-refractivity contribution is 5.47. The van der Waals surface area contributed by atoms with Gasteiger partial charge in [0.1, 0.15) is 12.4 Å². The third-order valence-corrected chi connectivity index (χ3v) is 2.19. The number of rotatable bonds is 1. The van der Waals surface area contributed by atoms with Crippen molar-refractivity contribution in [1.29, 1.82) is 0 Å². The molecule has 0 N–H and O–H groups in total. The first-order valence-electron chi connectivity index (χ1n) is 4.06. The van der Waals surface area contributed by atoms with E-state index in [4.69, 9.17) is 4.74 Å². The van der Waals surface area contributed by atoms with Crippen molar-refractivity contribution in [2.45, 2.75) is 26.9 Å². The lowest BCUT2D eigenvalue weighted by Gasteiger charge is -2.23. The molecule has 1 heterocycles. The molecule has 1 heteroatoms. The Kier molecular flexibility index (Phi) is 1.38. The molecule has 0 spiro atoms. The monoisotopic (exact) mass is 148 g/mol. The van der Waals surface area contributed by atoms with Crippen molar-refractivity contribution in [3.05, 3.63) is 28.8 Å². The number of hydrogen-bond donors (Lipinski definition) is 0. The van der Waals surface area contributed by atoms with Crippen LogP contribution in [0.4, 0.5) is 0 Å². The average molecular weight is 148 g/mol. The van der Waals surface area contributed by atoms with Gasteiger partial charge in [-0.3, -0.25) is 0 Å². The van der Waals surface area contributed by atoms with Crippen LogP contribution in [0, 0.1) is 6.92 Å². The predicted molar refractivity (Wildman–Crippen MR) is 44.9 cm³/mol. The van der Waals surface area contributed by atoms with Crippen molar-refractivity contribution >= 4 is 0 Å². The van der Waals surface area contributed by atoms with Gasteiger partial charge >= 0.3 is 0 Å². The smallest absolute Gasteiger partial charge is 0.129 e. The van der Waals surface area contributed by atoms with E-state index in [1.54, 1.807) is 0 Å². The van der Waals surface area contributed by atoms with Crippen molar-refractivity contribution in [1.82, 2.24) is 0 Å². The number of aryl methyl sites for hydroxylation is 2. The van der Waals surface area contributed by atoms with E-state index < -0.39 is 0 Å². The number of benzene rings is 1. The fraction of sp³-hybridized carbons (Fsp3) is 0.400. The second kappa shape index (κ2) is 2.26. The first-order valence-corrected chi connectivity index (χ1v) is 4.06. The minimum Gasteiger partial charge on any atom is -0.488 e. The molecule has 1 aliphatic rings. The second-order valence-corrected chi connectivity index (χ2v) is 3.04. The maximum Gasteiger partial charge on any atom is 0.129 e. The molecule has 0 bridgehead atoms. The zero-order chi connectivity index (χ0) is 7.84. The Balaban J connectivity index is 2.51. The van der Waals surface area contributed by atoms with Gasteiger partial charge in [0.15, 0.2) is 0 Å². The molecule has 0 fully saturated rings. The summed E-state index contributed by atoms with van der Waals surface area (Å²) in [7, 11) is 0. The summed E-state index contributed by atoms with van der Waals surface area (Å²) in [5.74, 6) is 1.11. The molecule has 0 amide bonds. The van der Waals surface area contributed by atoms with Crippen LogP contribution in [0.15, 0.2) is 12.1 Å². The summed E-state index contributed by atoms with van der Waals surface area (Å²) in [4.78, 5) is 0. The largest absolute Gasteiger partial charge is 0.488 e. The Morgan fingerprint density at radius 3 is 2.73 bits per heavy atom. The van der Waals surface area contributed by atoms with Crippen LogP contribution in [0.3, 0.4) is 0 Å². The van der Waals surface area contributed by atoms with Crippen LogP contribution in [0.1, 0.15) is 23.6 Å². The fourth-order valence-corrected chi connectivity index (χ4v) is 1.52. The van der Waals surface area contributed by atoms with Gasteiger partial charge in [0.2, 0.25) is 0 Å². The Morgan fingerprint density at radius 1 is 1.45 bits per heavy atom. The van der Waals surface area contributed by atoms with E-state index in [1.165, 1.54) is 16.7 Å². The molecular formula is C10H12O. The van der Waals surface area contributed by atoms with Crippen LogP contribution < -0.4 is 4.74 Å². The molecule has 1 nitrogen and oxygen atoms in total. The summed E-state index contributed by atoms with van der Waals surface area (Å²) in [6.45, 7) is 5.10. The lowest BCUT2D eigenvalue weighted by molar-refractivity contribution is 0.240. The Hall–Kier alpha value is -0.980. The third-order valence-electron chi connectivity index (χ3n) is 2.19. The SMILES string of the molecule is CCc1cc(C)c2c(c1)CO2. The van der Waals surface area contributed by atoms with Gasteiger partial charge in [0, 0.05) is 5.56 Å². The molecule has 0 unspecified atom stereocenters. The van der Waals surface area contributed by atoms with Crippen LogP contribution in [0.25, 0.3) is 0 Å². The van der Waals surface area contributed by atoms with E-state index >= 15 is 0 Å². The molecule has 58 valence electrons. The van der Waals surface area contributed by atoms with E-state index in [0.717, 1.165) is 18.8 Å². The summed E-state index contributed by atoms with van der Waals surface area (Å²) in [5.41, 5.74) is 4.08. The van der Waals surface area contributed by atoms with E-state index in [1.807, 2.05) is 0 Å². The van der Waals surface area contributed by atoms with Crippen molar-refractivity contribution in [3.8, 4) is 5.75 Å². The van der Waals surface area contributed by atoms with Crippen molar-refractivity contribution in [3.63, 3.8) is 0 Å². The van der Waals surface area contributed by atoms with Gasteiger partial charge in [0.25, 0.3) is 0 Å².